The lowest BCUT2D eigenvalue weighted by molar-refractivity contribution is 0.197. The van der Waals surface area contributed by atoms with Gasteiger partial charge in [0.05, 0.1) is 6.61 Å². The van der Waals surface area contributed by atoms with Gasteiger partial charge in [-0.25, -0.2) is 0 Å². The summed E-state index contributed by atoms with van der Waals surface area (Å²) < 4.78 is 6.01. The fourth-order valence-corrected chi connectivity index (χ4v) is 1.23. The van der Waals surface area contributed by atoms with Crippen LogP contribution in [0.5, 0.6) is 0 Å². The molecule has 0 saturated heterocycles. The molecule has 11 heavy (non-hydrogen) atoms. The van der Waals surface area contributed by atoms with Crippen LogP contribution in [0.2, 0.25) is 0 Å². The molecule has 0 heterocycles. The van der Waals surface area contributed by atoms with Crippen LogP contribution in [0, 0.1) is 5.41 Å². The lowest BCUT2D eigenvalue weighted by Crippen LogP contribution is -2.16. The van der Waals surface area contributed by atoms with Crippen LogP contribution in [0.3, 0.4) is 0 Å². The quantitative estimate of drug-likeness (QED) is 0.622. The molecule has 1 nitrogen and oxygen atoms in total. The van der Waals surface area contributed by atoms with Crippen LogP contribution in [0.1, 0.15) is 27.7 Å². The van der Waals surface area contributed by atoms with Crippen LogP contribution in [-0.2, 0) is 4.74 Å². The van der Waals surface area contributed by atoms with E-state index in [-0.39, 0.29) is 5.41 Å². The number of thiocarbonyl (C=S) groups is 1. The first-order chi connectivity index (χ1) is 4.95. The highest BCUT2D eigenvalue weighted by atomic mass is 32.2. The minimum Gasteiger partial charge on any atom is -0.478 e. The predicted octanol–water partition coefficient (Wildman–Crippen LogP) is 3.09. The summed E-state index contributed by atoms with van der Waals surface area (Å²) >= 11 is 6.54. The maximum atomic E-state index is 5.34. The average Bonchev–Trinajstić information content (AvgIpc) is 1.83. The monoisotopic (exact) mass is 192 g/mol. The van der Waals surface area contributed by atoms with Crippen molar-refractivity contribution in [3.05, 3.63) is 0 Å². The van der Waals surface area contributed by atoms with Gasteiger partial charge in [-0.15, -0.1) is 0 Å². The smallest absolute Gasteiger partial charge is 0.219 e. The summed E-state index contributed by atoms with van der Waals surface area (Å²) in [6, 6.07) is 0. The van der Waals surface area contributed by atoms with E-state index >= 15 is 0 Å². The van der Waals surface area contributed by atoms with Crippen molar-refractivity contribution in [1.29, 1.82) is 0 Å². The van der Waals surface area contributed by atoms with E-state index in [2.05, 4.69) is 27.7 Å². The van der Waals surface area contributed by atoms with Gasteiger partial charge in [-0.3, -0.25) is 0 Å². The van der Waals surface area contributed by atoms with Gasteiger partial charge >= 0.3 is 0 Å². The van der Waals surface area contributed by atoms with E-state index in [0.717, 1.165) is 5.75 Å². The van der Waals surface area contributed by atoms with E-state index in [1.54, 1.807) is 11.8 Å². The number of hydrogen-bond donors (Lipinski definition) is 0. The fraction of sp³-hybridized carbons (Fsp3) is 0.875. The fourth-order valence-electron chi connectivity index (χ4n) is 0.435. The molecular weight excluding hydrogens is 176 g/mol. The molecule has 0 amide bonds. The molecule has 0 aromatic rings. The van der Waals surface area contributed by atoms with E-state index in [0.29, 0.717) is 11.0 Å². The summed E-state index contributed by atoms with van der Waals surface area (Å²) in [6.45, 7) is 9.17. The maximum absolute atomic E-state index is 5.34. The SMILES string of the molecule is CCSC(=S)OCC(C)(C)C. The van der Waals surface area contributed by atoms with Crippen molar-refractivity contribution in [2.45, 2.75) is 27.7 Å². The molecule has 0 unspecified atom stereocenters. The van der Waals surface area contributed by atoms with Gasteiger partial charge in [-0.2, -0.15) is 0 Å². The average molecular weight is 192 g/mol. The van der Waals surface area contributed by atoms with E-state index in [1.807, 2.05) is 0 Å². The number of hydrogen-bond acceptors (Lipinski definition) is 3. The van der Waals surface area contributed by atoms with Crippen molar-refractivity contribution in [2.75, 3.05) is 12.4 Å². The Kier molecular flexibility index (Phi) is 5.10. The van der Waals surface area contributed by atoms with Crippen molar-refractivity contribution in [3.8, 4) is 0 Å². The Hall–Kier alpha value is 0.240. The molecule has 0 spiro atoms. The molecular formula is C8H16OS2. The first-order valence-corrected chi connectivity index (χ1v) is 5.14. The van der Waals surface area contributed by atoms with Gasteiger partial charge in [0.15, 0.2) is 0 Å². The highest BCUT2D eigenvalue weighted by Crippen LogP contribution is 2.15. The summed E-state index contributed by atoms with van der Waals surface area (Å²) in [4.78, 5) is 0. The molecule has 0 aromatic heterocycles. The molecule has 0 radical (unpaired) electrons. The van der Waals surface area contributed by atoms with Crippen LogP contribution in [0.15, 0.2) is 0 Å². The second-order valence-corrected chi connectivity index (χ2v) is 5.40. The zero-order chi connectivity index (χ0) is 8.91. The number of rotatable bonds is 2. The molecule has 0 bridgehead atoms. The first kappa shape index (κ1) is 11.2. The minimum atomic E-state index is 0.207. The van der Waals surface area contributed by atoms with Gasteiger partial charge in [0.25, 0.3) is 0 Å². The van der Waals surface area contributed by atoms with E-state index in [1.165, 1.54) is 0 Å². The highest BCUT2D eigenvalue weighted by Gasteiger charge is 2.11. The third kappa shape index (κ3) is 8.14. The summed E-state index contributed by atoms with van der Waals surface area (Å²) in [5, 5.41) is 0. The Bertz CT molecular complexity index is 127. The lowest BCUT2D eigenvalue weighted by Gasteiger charge is -2.18. The minimum absolute atomic E-state index is 0.207. The summed E-state index contributed by atoms with van der Waals surface area (Å²) in [5.74, 6) is 0.989. The summed E-state index contributed by atoms with van der Waals surface area (Å²) in [6.07, 6.45) is 0. The molecule has 0 N–H and O–H groups in total. The van der Waals surface area contributed by atoms with Crippen molar-refractivity contribution >= 4 is 28.4 Å². The maximum Gasteiger partial charge on any atom is 0.219 e. The molecule has 0 atom stereocenters. The molecule has 0 saturated carbocycles. The van der Waals surface area contributed by atoms with Crippen molar-refractivity contribution < 1.29 is 4.74 Å². The van der Waals surface area contributed by atoms with E-state index < -0.39 is 0 Å². The Morgan fingerprint density at radius 3 is 2.36 bits per heavy atom. The normalized spacial score (nSPS) is 11.3. The largest absolute Gasteiger partial charge is 0.478 e. The van der Waals surface area contributed by atoms with Crippen LogP contribution in [0.25, 0.3) is 0 Å². The molecule has 66 valence electrons. The second-order valence-electron chi connectivity index (χ2n) is 3.53. The third-order valence-corrected chi connectivity index (χ3v) is 2.00. The Balaban J connectivity index is 3.46. The van der Waals surface area contributed by atoms with Gasteiger partial charge in [0, 0.05) is 0 Å². The summed E-state index contributed by atoms with van der Waals surface area (Å²) in [5.41, 5.74) is 0.207. The van der Waals surface area contributed by atoms with Crippen LogP contribution >= 0.6 is 24.0 Å². The van der Waals surface area contributed by atoms with Crippen molar-refractivity contribution in [1.82, 2.24) is 0 Å². The van der Waals surface area contributed by atoms with Crippen molar-refractivity contribution in [3.63, 3.8) is 0 Å². The Labute approximate surface area is 78.9 Å². The van der Waals surface area contributed by atoms with Crippen LogP contribution < -0.4 is 0 Å². The van der Waals surface area contributed by atoms with Gasteiger partial charge < -0.3 is 4.74 Å². The number of ether oxygens (including phenoxy) is 1. The first-order valence-electron chi connectivity index (χ1n) is 3.75. The Morgan fingerprint density at radius 1 is 1.45 bits per heavy atom. The predicted molar refractivity (Wildman–Crippen MR) is 56.1 cm³/mol. The molecule has 0 aliphatic rings. The van der Waals surface area contributed by atoms with Gasteiger partial charge in [-0.05, 0) is 23.4 Å². The highest BCUT2D eigenvalue weighted by molar-refractivity contribution is 8.22. The van der Waals surface area contributed by atoms with Gasteiger partial charge in [0.1, 0.15) is 0 Å². The third-order valence-electron chi connectivity index (χ3n) is 0.885. The zero-order valence-corrected chi connectivity index (χ0v) is 9.27. The molecule has 0 aromatic carbocycles. The number of thioether (sulfide) groups is 1. The van der Waals surface area contributed by atoms with Crippen LogP contribution in [0.4, 0.5) is 0 Å². The molecule has 3 heteroatoms. The van der Waals surface area contributed by atoms with Crippen LogP contribution in [-0.4, -0.2) is 16.7 Å². The van der Waals surface area contributed by atoms with Crippen molar-refractivity contribution in [2.24, 2.45) is 5.41 Å². The topological polar surface area (TPSA) is 9.23 Å². The molecule has 0 fully saturated rings. The van der Waals surface area contributed by atoms with Gasteiger partial charge in [0.2, 0.25) is 4.38 Å². The summed E-state index contributed by atoms with van der Waals surface area (Å²) in [7, 11) is 0. The van der Waals surface area contributed by atoms with E-state index in [9.17, 15) is 0 Å². The molecule has 0 aliphatic carbocycles. The molecule has 0 aliphatic heterocycles. The molecule has 0 rings (SSSR count). The lowest BCUT2D eigenvalue weighted by atomic mass is 9.99. The standard InChI is InChI=1S/C8H16OS2/c1-5-11-7(10)9-6-8(2,3)4/h5-6H2,1-4H3. The second kappa shape index (κ2) is 4.99. The van der Waals surface area contributed by atoms with Gasteiger partial charge in [-0.1, -0.05) is 39.5 Å². The zero-order valence-electron chi connectivity index (χ0n) is 7.64. The van der Waals surface area contributed by atoms with E-state index in [4.69, 9.17) is 17.0 Å². The Morgan fingerprint density at radius 2 is 2.00 bits per heavy atom.